The standard InChI is InChI=1S/C9H8F3N3O/c1-6-13-7-3-2-4-8(15(7)14-6)16-5-9(10,11)12/h2-4H,5H2,1H3. The normalized spacial score (nSPS) is 12.0. The van der Waals surface area contributed by atoms with Gasteiger partial charge in [-0.05, 0) is 13.0 Å². The van der Waals surface area contributed by atoms with Gasteiger partial charge in [0.15, 0.2) is 12.3 Å². The molecule has 2 aromatic heterocycles. The van der Waals surface area contributed by atoms with Crippen LogP contribution in [0.1, 0.15) is 5.82 Å². The van der Waals surface area contributed by atoms with E-state index in [1.807, 2.05) is 0 Å². The maximum absolute atomic E-state index is 12.0. The molecule has 0 unspecified atom stereocenters. The monoisotopic (exact) mass is 231 g/mol. The van der Waals surface area contributed by atoms with E-state index in [0.29, 0.717) is 11.5 Å². The van der Waals surface area contributed by atoms with Gasteiger partial charge in [-0.2, -0.15) is 17.7 Å². The van der Waals surface area contributed by atoms with Gasteiger partial charge in [-0.25, -0.2) is 4.98 Å². The smallest absolute Gasteiger partial charge is 0.422 e. The zero-order valence-electron chi connectivity index (χ0n) is 8.32. The Labute approximate surface area is 88.7 Å². The van der Waals surface area contributed by atoms with E-state index in [0.717, 1.165) is 0 Å². The fourth-order valence-corrected chi connectivity index (χ4v) is 1.25. The van der Waals surface area contributed by atoms with E-state index in [2.05, 4.69) is 14.8 Å². The van der Waals surface area contributed by atoms with Crippen molar-refractivity contribution in [1.82, 2.24) is 14.6 Å². The van der Waals surface area contributed by atoms with Gasteiger partial charge in [0.25, 0.3) is 0 Å². The number of hydrogen-bond donors (Lipinski definition) is 0. The summed E-state index contributed by atoms with van der Waals surface area (Å²) in [6, 6.07) is 4.61. The number of rotatable bonds is 2. The molecule has 86 valence electrons. The number of halogens is 3. The molecule has 0 saturated carbocycles. The van der Waals surface area contributed by atoms with Gasteiger partial charge >= 0.3 is 6.18 Å². The predicted molar refractivity (Wildman–Crippen MR) is 49.3 cm³/mol. The minimum atomic E-state index is -4.36. The largest absolute Gasteiger partial charge is 0.468 e. The maximum Gasteiger partial charge on any atom is 0.422 e. The van der Waals surface area contributed by atoms with Crippen LogP contribution in [0.25, 0.3) is 5.65 Å². The third kappa shape index (κ3) is 2.23. The van der Waals surface area contributed by atoms with Crippen molar-refractivity contribution in [2.24, 2.45) is 0 Å². The second kappa shape index (κ2) is 3.66. The minimum Gasteiger partial charge on any atom is -0.468 e. The van der Waals surface area contributed by atoms with Crippen LogP contribution in [0.15, 0.2) is 18.2 Å². The van der Waals surface area contributed by atoms with Crippen LogP contribution in [0.5, 0.6) is 5.88 Å². The number of hydrogen-bond acceptors (Lipinski definition) is 3. The highest BCUT2D eigenvalue weighted by Gasteiger charge is 2.28. The fraction of sp³-hybridized carbons (Fsp3) is 0.333. The van der Waals surface area contributed by atoms with Crippen molar-refractivity contribution in [3.05, 3.63) is 24.0 Å². The molecule has 0 saturated heterocycles. The lowest BCUT2D eigenvalue weighted by Crippen LogP contribution is -2.20. The van der Waals surface area contributed by atoms with Crippen molar-refractivity contribution in [3.8, 4) is 5.88 Å². The van der Waals surface area contributed by atoms with E-state index >= 15 is 0 Å². The van der Waals surface area contributed by atoms with E-state index in [9.17, 15) is 13.2 Å². The lowest BCUT2D eigenvalue weighted by atomic mass is 10.5. The second-order valence-electron chi connectivity index (χ2n) is 3.20. The Morgan fingerprint density at radius 3 is 2.81 bits per heavy atom. The van der Waals surface area contributed by atoms with Gasteiger partial charge in [-0.1, -0.05) is 6.07 Å². The summed E-state index contributed by atoms with van der Waals surface area (Å²) in [6.45, 7) is 0.311. The molecule has 0 bridgehead atoms. The number of pyridine rings is 1. The highest BCUT2D eigenvalue weighted by Crippen LogP contribution is 2.18. The summed E-state index contributed by atoms with van der Waals surface area (Å²) in [4.78, 5) is 4.01. The Balaban J connectivity index is 2.30. The van der Waals surface area contributed by atoms with Crippen molar-refractivity contribution in [2.45, 2.75) is 13.1 Å². The molecule has 0 aliphatic carbocycles. The molecule has 0 N–H and O–H groups in total. The Morgan fingerprint density at radius 1 is 1.38 bits per heavy atom. The highest BCUT2D eigenvalue weighted by atomic mass is 19.4. The molecule has 0 radical (unpaired) electrons. The number of alkyl halides is 3. The van der Waals surface area contributed by atoms with Gasteiger partial charge in [-0.3, -0.25) is 0 Å². The molecule has 16 heavy (non-hydrogen) atoms. The van der Waals surface area contributed by atoms with Crippen LogP contribution in [0.3, 0.4) is 0 Å². The van der Waals surface area contributed by atoms with E-state index in [4.69, 9.17) is 0 Å². The summed E-state index contributed by atoms with van der Waals surface area (Å²) in [5.41, 5.74) is 0.456. The molecule has 0 aliphatic heterocycles. The van der Waals surface area contributed by atoms with E-state index in [-0.39, 0.29) is 5.88 Å². The molecule has 7 heteroatoms. The van der Waals surface area contributed by atoms with Gasteiger partial charge in [0.2, 0.25) is 5.88 Å². The van der Waals surface area contributed by atoms with Crippen molar-refractivity contribution in [2.75, 3.05) is 6.61 Å². The van der Waals surface area contributed by atoms with Crippen molar-refractivity contribution in [3.63, 3.8) is 0 Å². The first-order valence-electron chi connectivity index (χ1n) is 4.48. The predicted octanol–water partition coefficient (Wildman–Crippen LogP) is 1.98. The zero-order valence-corrected chi connectivity index (χ0v) is 8.32. The molecule has 4 nitrogen and oxygen atoms in total. The molecular formula is C9H8F3N3O. The van der Waals surface area contributed by atoms with Crippen LogP contribution in [-0.2, 0) is 0 Å². The number of fused-ring (bicyclic) bond motifs is 1. The second-order valence-corrected chi connectivity index (χ2v) is 3.20. The molecular weight excluding hydrogens is 223 g/mol. The number of aromatic nitrogens is 3. The van der Waals surface area contributed by atoms with E-state index in [1.165, 1.54) is 10.6 Å². The Morgan fingerprint density at radius 2 is 2.12 bits per heavy atom. The third-order valence-corrected chi connectivity index (χ3v) is 1.81. The van der Waals surface area contributed by atoms with Crippen molar-refractivity contribution >= 4 is 5.65 Å². The van der Waals surface area contributed by atoms with E-state index in [1.54, 1.807) is 19.1 Å². The van der Waals surface area contributed by atoms with Gasteiger partial charge < -0.3 is 4.74 Å². The SMILES string of the molecule is Cc1nc2cccc(OCC(F)(F)F)n2n1. The van der Waals surface area contributed by atoms with Crippen molar-refractivity contribution in [1.29, 1.82) is 0 Å². The Hall–Kier alpha value is -1.79. The van der Waals surface area contributed by atoms with Gasteiger partial charge in [-0.15, -0.1) is 5.10 Å². The first-order valence-corrected chi connectivity index (χ1v) is 4.48. The van der Waals surface area contributed by atoms with Gasteiger partial charge in [0.1, 0.15) is 5.82 Å². The van der Waals surface area contributed by atoms with E-state index < -0.39 is 12.8 Å². The first kappa shape index (κ1) is 10.7. The Kier molecular flexibility index (Phi) is 2.45. The number of nitrogens with zero attached hydrogens (tertiary/aromatic N) is 3. The molecule has 0 fully saturated rings. The highest BCUT2D eigenvalue weighted by molar-refractivity contribution is 5.40. The molecule has 2 aromatic rings. The van der Waals surface area contributed by atoms with Crippen LogP contribution < -0.4 is 4.74 Å². The Bertz CT molecular complexity index is 506. The fourth-order valence-electron chi connectivity index (χ4n) is 1.25. The first-order chi connectivity index (χ1) is 7.46. The molecule has 2 heterocycles. The minimum absolute atomic E-state index is 0.0235. The van der Waals surface area contributed by atoms with Crippen LogP contribution >= 0.6 is 0 Å². The molecule has 0 aromatic carbocycles. The summed E-state index contributed by atoms with van der Waals surface area (Å²) < 4.78 is 41.8. The summed E-state index contributed by atoms with van der Waals surface area (Å²) in [7, 11) is 0. The maximum atomic E-state index is 12.0. The van der Waals surface area contributed by atoms with Crippen LogP contribution in [0, 0.1) is 6.92 Å². The third-order valence-electron chi connectivity index (χ3n) is 1.81. The zero-order chi connectivity index (χ0) is 11.8. The lowest BCUT2D eigenvalue weighted by Gasteiger charge is -2.09. The lowest BCUT2D eigenvalue weighted by molar-refractivity contribution is -0.154. The summed E-state index contributed by atoms with van der Waals surface area (Å²) in [5, 5.41) is 3.93. The quantitative estimate of drug-likeness (QED) is 0.793. The summed E-state index contributed by atoms with van der Waals surface area (Å²) in [6.07, 6.45) is -4.36. The number of aryl methyl sites for hydroxylation is 1. The molecule has 0 amide bonds. The summed E-state index contributed by atoms with van der Waals surface area (Å²) in [5.74, 6) is 0.499. The topological polar surface area (TPSA) is 39.4 Å². The van der Waals surface area contributed by atoms with Crippen LogP contribution in [-0.4, -0.2) is 27.4 Å². The molecule has 0 atom stereocenters. The number of ether oxygens (including phenoxy) is 1. The molecule has 0 aliphatic rings. The average molecular weight is 231 g/mol. The van der Waals surface area contributed by atoms with Crippen LogP contribution in [0.4, 0.5) is 13.2 Å². The molecule has 0 spiro atoms. The molecule has 2 rings (SSSR count). The van der Waals surface area contributed by atoms with Gasteiger partial charge in [0.05, 0.1) is 0 Å². The van der Waals surface area contributed by atoms with Crippen molar-refractivity contribution < 1.29 is 17.9 Å². The summed E-state index contributed by atoms with van der Waals surface area (Å²) >= 11 is 0. The average Bonchev–Trinajstić information content (AvgIpc) is 2.54. The van der Waals surface area contributed by atoms with Gasteiger partial charge in [0, 0.05) is 6.07 Å². The van der Waals surface area contributed by atoms with Crippen LogP contribution in [0.2, 0.25) is 0 Å².